The highest BCUT2D eigenvalue weighted by molar-refractivity contribution is 6.30. The van der Waals surface area contributed by atoms with Gasteiger partial charge in [0.05, 0.1) is 12.6 Å². The Labute approximate surface area is 87.8 Å². The van der Waals surface area contributed by atoms with Gasteiger partial charge in [-0.1, -0.05) is 17.7 Å². The normalized spacial score (nSPS) is 12.9. The summed E-state index contributed by atoms with van der Waals surface area (Å²) in [4.78, 5) is 0. The van der Waals surface area contributed by atoms with Gasteiger partial charge in [-0.25, -0.2) is 4.39 Å². The molecule has 14 heavy (non-hydrogen) atoms. The third-order valence-corrected chi connectivity index (χ3v) is 2.10. The number of halogens is 2. The lowest BCUT2D eigenvalue weighted by Crippen LogP contribution is -2.18. The summed E-state index contributed by atoms with van der Waals surface area (Å²) in [5.41, 5.74) is 6.16. The van der Waals surface area contributed by atoms with E-state index in [0.29, 0.717) is 23.8 Å². The fraction of sp³-hybridized carbons (Fsp3) is 0.400. The standard InChI is InChI=1S/C10H13ClFNO/c1-2-14-6-10(13)8-4-3-7(11)5-9(8)12/h3-5,10H,2,6,13H2,1H3. The molecule has 0 fully saturated rings. The Hall–Kier alpha value is -0.640. The molecule has 0 aliphatic carbocycles. The Morgan fingerprint density at radius 1 is 1.57 bits per heavy atom. The van der Waals surface area contributed by atoms with Crippen molar-refractivity contribution in [1.29, 1.82) is 0 Å². The van der Waals surface area contributed by atoms with Gasteiger partial charge in [-0.2, -0.15) is 0 Å². The van der Waals surface area contributed by atoms with Crippen molar-refractivity contribution < 1.29 is 9.13 Å². The molecule has 0 bridgehead atoms. The zero-order chi connectivity index (χ0) is 10.6. The highest BCUT2D eigenvalue weighted by Gasteiger charge is 2.11. The average Bonchev–Trinajstić information content (AvgIpc) is 2.14. The smallest absolute Gasteiger partial charge is 0.129 e. The van der Waals surface area contributed by atoms with Crippen molar-refractivity contribution in [2.75, 3.05) is 13.2 Å². The zero-order valence-corrected chi connectivity index (χ0v) is 8.72. The summed E-state index contributed by atoms with van der Waals surface area (Å²) in [5, 5.41) is 0.370. The highest BCUT2D eigenvalue weighted by Crippen LogP contribution is 2.19. The summed E-state index contributed by atoms with van der Waals surface area (Å²) < 4.78 is 18.4. The van der Waals surface area contributed by atoms with E-state index in [2.05, 4.69) is 0 Å². The van der Waals surface area contributed by atoms with Gasteiger partial charge in [-0.3, -0.25) is 0 Å². The molecule has 0 saturated carbocycles. The van der Waals surface area contributed by atoms with E-state index in [1.165, 1.54) is 6.07 Å². The Bertz CT molecular complexity index is 306. The van der Waals surface area contributed by atoms with Crippen LogP contribution in [0.2, 0.25) is 5.02 Å². The molecule has 0 radical (unpaired) electrons. The molecule has 1 aromatic carbocycles. The summed E-state index contributed by atoms with van der Waals surface area (Å²) >= 11 is 5.61. The van der Waals surface area contributed by atoms with Gasteiger partial charge < -0.3 is 10.5 Å². The third kappa shape index (κ3) is 2.94. The van der Waals surface area contributed by atoms with Crippen LogP contribution in [0.4, 0.5) is 4.39 Å². The Morgan fingerprint density at radius 2 is 2.29 bits per heavy atom. The lowest BCUT2D eigenvalue weighted by molar-refractivity contribution is 0.132. The monoisotopic (exact) mass is 217 g/mol. The number of benzene rings is 1. The van der Waals surface area contributed by atoms with Gasteiger partial charge in [-0.05, 0) is 19.1 Å². The first-order chi connectivity index (χ1) is 6.65. The summed E-state index contributed by atoms with van der Waals surface area (Å²) in [5.74, 6) is -0.385. The van der Waals surface area contributed by atoms with Crippen LogP contribution >= 0.6 is 11.6 Å². The van der Waals surface area contributed by atoms with Crippen molar-refractivity contribution in [2.45, 2.75) is 13.0 Å². The summed E-state index contributed by atoms with van der Waals surface area (Å²) in [6.45, 7) is 2.75. The van der Waals surface area contributed by atoms with E-state index < -0.39 is 6.04 Å². The number of rotatable bonds is 4. The second-order valence-corrected chi connectivity index (χ2v) is 3.37. The molecule has 0 saturated heterocycles. The summed E-state index contributed by atoms with van der Waals surface area (Å²) in [6, 6.07) is 4.02. The van der Waals surface area contributed by atoms with Gasteiger partial charge in [0.1, 0.15) is 5.82 Å². The van der Waals surface area contributed by atoms with E-state index in [1.54, 1.807) is 12.1 Å². The maximum absolute atomic E-state index is 13.3. The third-order valence-electron chi connectivity index (χ3n) is 1.86. The Morgan fingerprint density at radius 3 is 2.86 bits per heavy atom. The predicted octanol–water partition coefficient (Wildman–Crippen LogP) is 2.52. The molecule has 2 nitrogen and oxygen atoms in total. The van der Waals surface area contributed by atoms with Crippen LogP contribution in [-0.2, 0) is 4.74 Å². The molecule has 78 valence electrons. The van der Waals surface area contributed by atoms with Crippen molar-refractivity contribution in [3.8, 4) is 0 Å². The molecule has 0 aromatic heterocycles. The summed E-state index contributed by atoms with van der Waals surface area (Å²) in [7, 11) is 0. The maximum Gasteiger partial charge on any atom is 0.129 e. The molecule has 0 amide bonds. The topological polar surface area (TPSA) is 35.2 Å². The highest BCUT2D eigenvalue weighted by atomic mass is 35.5. The molecule has 4 heteroatoms. The van der Waals surface area contributed by atoms with Gasteiger partial charge in [0.2, 0.25) is 0 Å². The second-order valence-electron chi connectivity index (χ2n) is 2.93. The molecular weight excluding hydrogens is 205 g/mol. The lowest BCUT2D eigenvalue weighted by atomic mass is 10.1. The minimum absolute atomic E-state index is 0.315. The van der Waals surface area contributed by atoms with Gasteiger partial charge in [0, 0.05) is 17.2 Å². The first-order valence-electron chi connectivity index (χ1n) is 4.43. The van der Waals surface area contributed by atoms with Crippen LogP contribution in [0.5, 0.6) is 0 Å². The van der Waals surface area contributed by atoms with Crippen molar-refractivity contribution >= 4 is 11.6 Å². The van der Waals surface area contributed by atoms with Crippen LogP contribution in [-0.4, -0.2) is 13.2 Å². The van der Waals surface area contributed by atoms with E-state index >= 15 is 0 Å². The zero-order valence-electron chi connectivity index (χ0n) is 7.97. The van der Waals surface area contributed by atoms with E-state index in [0.717, 1.165) is 0 Å². The van der Waals surface area contributed by atoms with Gasteiger partial charge in [0.15, 0.2) is 0 Å². The van der Waals surface area contributed by atoms with E-state index in [4.69, 9.17) is 22.1 Å². The average molecular weight is 218 g/mol. The van der Waals surface area contributed by atoms with Gasteiger partial charge >= 0.3 is 0 Å². The van der Waals surface area contributed by atoms with Gasteiger partial charge in [-0.15, -0.1) is 0 Å². The van der Waals surface area contributed by atoms with E-state index in [9.17, 15) is 4.39 Å². The molecule has 1 unspecified atom stereocenters. The van der Waals surface area contributed by atoms with Crippen molar-refractivity contribution in [3.63, 3.8) is 0 Å². The SMILES string of the molecule is CCOCC(N)c1ccc(Cl)cc1F. The van der Waals surface area contributed by atoms with Crippen LogP contribution in [0.1, 0.15) is 18.5 Å². The molecule has 0 aliphatic rings. The molecular formula is C10H13ClFNO. The van der Waals surface area contributed by atoms with E-state index in [-0.39, 0.29) is 5.82 Å². The molecule has 0 spiro atoms. The largest absolute Gasteiger partial charge is 0.380 e. The number of hydrogen-bond acceptors (Lipinski definition) is 2. The van der Waals surface area contributed by atoms with E-state index in [1.807, 2.05) is 6.92 Å². The first kappa shape index (κ1) is 11.4. The summed E-state index contributed by atoms with van der Waals surface area (Å²) in [6.07, 6.45) is 0. The fourth-order valence-corrected chi connectivity index (χ4v) is 1.30. The van der Waals surface area contributed by atoms with Gasteiger partial charge in [0.25, 0.3) is 0 Å². The maximum atomic E-state index is 13.3. The predicted molar refractivity (Wildman–Crippen MR) is 54.8 cm³/mol. The Kier molecular flexibility index (Phi) is 4.32. The number of nitrogens with two attached hydrogens (primary N) is 1. The van der Waals surface area contributed by atoms with Crippen molar-refractivity contribution in [3.05, 3.63) is 34.6 Å². The molecule has 1 aromatic rings. The second kappa shape index (κ2) is 5.29. The molecule has 2 N–H and O–H groups in total. The number of ether oxygens (including phenoxy) is 1. The minimum atomic E-state index is -0.438. The van der Waals surface area contributed by atoms with Crippen LogP contribution in [0.3, 0.4) is 0 Å². The van der Waals surface area contributed by atoms with Crippen LogP contribution in [0, 0.1) is 5.82 Å². The molecule has 0 aliphatic heterocycles. The minimum Gasteiger partial charge on any atom is -0.380 e. The van der Waals surface area contributed by atoms with Crippen LogP contribution in [0.15, 0.2) is 18.2 Å². The molecule has 0 heterocycles. The van der Waals surface area contributed by atoms with Crippen LogP contribution < -0.4 is 5.73 Å². The van der Waals surface area contributed by atoms with Crippen LogP contribution in [0.25, 0.3) is 0 Å². The quantitative estimate of drug-likeness (QED) is 0.841. The number of hydrogen-bond donors (Lipinski definition) is 1. The molecule has 1 atom stereocenters. The fourth-order valence-electron chi connectivity index (χ4n) is 1.14. The first-order valence-corrected chi connectivity index (χ1v) is 4.81. The Balaban J connectivity index is 2.74. The van der Waals surface area contributed by atoms with Crippen molar-refractivity contribution in [1.82, 2.24) is 0 Å². The molecule has 1 rings (SSSR count). The lowest BCUT2D eigenvalue weighted by Gasteiger charge is -2.12. The van der Waals surface area contributed by atoms with Crippen molar-refractivity contribution in [2.24, 2.45) is 5.73 Å².